The Labute approximate surface area is 161 Å². The van der Waals surface area contributed by atoms with Gasteiger partial charge in [-0.25, -0.2) is 14.8 Å². The minimum Gasteiger partial charge on any atom is -0.480 e. The van der Waals surface area contributed by atoms with Crippen LogP contribution in [0.25, 0.3) is 10.9 Å². The first-order chi connectivity index (χ1) is 13.5. The van der Waals surface area contributed by atoms with Crippen LogP contribution in [0.15, 0.2) is 42.7 Å². The molecule has 8 nitrogen and oxygen atoms in total. The van der Waals surface area contributed by atoms with Gasteiger partial charge in [0, 0.05) is 42.1 Å². The van der Waals surface area contributed by atoms with E-state index < -0.39 is 12.0 Å². The van der Waals surface area contributed by atoms with Gasteiger partial charge < -0.3 is 19.9 Å². The molecule has 1 saturated heterocycles. The molecular formula is C20H21N5O3. The van der Waals surface area contributed by atoms with Crippen molar-refractivity contribution in [3.8, 4) is 0 Å². The van der Waals surface area contributed by atoms with Crippen LogP contribution in [0.4, 0.5) is 5.95 Å². The topological polar surface area (TPSA) is 102 Å². The average molecular weight is 379 g/mol. The average Bonchev–Trinajstić information content (AvgIpc) is 3.03. The first-order valence-electron chi connectivity index (χ1n) is 9.15. The molecular weight excluding hydrogens is 358 g/mol. The number of H-pyrrole nitrogens is 1. The molecule has 3 heterocycles. The molecule has 1 aliphatic rings. The van der Waals surface area contributed by atoms with E-state index in [0.29, 0.717) is 19.0 Å². The van der Waals surface area contributed by atoms with Gasteiger partial charge in [0.1, 0.15) is 6.04 Å². The Balaban J connectivity index is 1.55. The molecule has 2 N–H and O–H groups in total. The molecule has 4 rings (SSSR count). The number of fused-ring (bicyclic) bond motifs is 1. The molecule has 3 aromatic rings. The number of nitrogens with zero attached hydrogens (tertiary/aromatic N) is 4. The summed E-state index contributed by atoms with van der Waals surface area (Å²) in [5.74, 6) is -0.730. The van der Waals surface area contributed by atoms with Gasteiger partial charge in [0.25, 0.3) is 0 Å². The second-order valence-corrected chi connectivity index (χ2v) is 6.89. The molecule has 0 aliphatic carbocycles. The van der Waals surface area contributed by atoms with Crippen LogP contribution in [-0.2, 0) is 16.0 Å². The van der Waals surface area contributed by atoms with E-state index >= 15 is 0 Å². The first-order valence-corrected chi connectivity index (χ1v) is 9.15. The molecule has 1 fully saturated rings. The second kappa shape index (κ2) is 7.30. The normalized spacial score (nSPS) is 17.1. The van der Waals surface area contributed by atoms with Gasteiger partial charge >= 0.3 is 5.97 Å². The molecule has 144 valence electrons. The number of benzene rings is 1. The monoisotopic (exact) mass is 379 g/mol. The van der Waals surface area contributed by atoms with E-state index in [1.807, 2.05) is 31.2 Å². The quantitative estimate of drug-likeness (QED) is 0.714. The number of hydrogen-bond donors (Lipinski definition) is 2. The van der Waals surface area contributed by atoms with Gasteiger partial charge in [-0.1, -0.05) is 18.2 Å². The minimum atomic E-state index is -1.02. The Morgan fingerprint density at radius 2 is 1.93 bits per heavy atom. The van der Waals surface area contributed by atoms with Crippen molar-refractivity contribution in [2.24, 2.45) is 0 Å². The standard InChI is InChI=1S/C20H21N5O3/c1-13-15(14-5-2-3-6-16(14)23-13)11-18(26)25-10-9-24(12-17(25)19(27)28)20-21-7-4-8-22-20/h2-8,17,23H,9-12H2,1H3,(H,27,28)/t17-/m1/s1. The number of amides is 1. The third-order valence-corrected chi connectivity index (χ3v) is 5.18. The lowest BCUT2D eigenvalue weighted by Gasteiger charge is -2.39. The maximum atomic E-state index is 13.0. The zero-order chi connectivity index (χ0) is 19.7. The van der Waals surface area contributed by atoms with E-state index in [1.54, 1.807) is 23.4 Å². The fourth-order valence-corrected chi connectivity index (χ4v) is 3.74. The second-order valence-electron chi connectivity index (χ2n) is 6.89. The van der Waals surface area contributed by atoms with Gasteiger partial charge in [-0.2, -0.15) is 0 Å². The van der Waals surface area contributed by atoms with Crippen LogP contribution in [0.2, 0.25) is 0 Å². The van der Waals surface area contributed by atoms with E-state index in [2.05, 4.69) is 15.0 Å². The van der Waals surface area contributed by atoms with E-state index in [9.17, 15) is 14.7 Å². The lowest BCUT2D eigenvalue weighted by molar-refractivity contribution is -0.150. The van der Waals surface area contributed by atoms with Crippen molar-refractivity contribution >= 4 is 28.7 Å². The summed E-state index contributed by atoms with van der Waals surface area (Å²) < 4.78 is 0. The molecule has 0 radical (unpaired) electrons. The largest absolute Gasteiger partial charge is 0.480 e. The molecule has 2 aromatic heterocycles. The molecule has 0 saturated carbocycles. The summed E-state index contributed by atoms with van der Waals surface area (Å²) in [4.78, 5) is 39.8. The van der Waals surface area contributed by atoms with Gasteiger partial charge in [-0.15, -0.1) is 0 Å². The summed E-state index contributed by atoms with van der Waals surface area (Å²) in [6, 6.07) is 8.59. The van der Waals surface area contributed by atoms with Gasteiger partial charge in [-0.05, 0) is 24.6 Å². The number of piperazine rings is 1. The smallest absolute Gasteiger partial charge is 0.328 e. The number of rotatable bonds is 4. The number of carboxylic acid groups (broad SMARTS) is 1. The highest BCUT2D eigenvalue weighted by Gasteiger charge is 2.36. The number of aliphatic carboxylic acids is 1. The number of hydrogen-bond acceptors (Lipinski definition) is 5. The highest BCUT2D eigenvalue weighted by atomic mass is 16.4. The molecule has 0 unspecified atom stereocenters. The Morgan fingerprint density at radius 1 is 1.18 bits per heavy atom. The molecule has 28 heavy (non-hydrogen) atoms. The number of aromatic amines is 1. The van der Waals surface area contributed by atoms with Crippen molar-refractivity contribution in [1.82, 2.24) is 19.9 Å². The van der Waals surface area contributed by atoms with Gasteiger partial charge in [0.15, 0.2) is 0 Å². The van der Waals surface area contributed by atoms with Crippen molar-refractivity contribution in [1.29, 1.82) is 0 Å². The number of para-hydroxylation sites is 1. The highest BCUT2D eigenvalue weighted by molar-refractivity contribution is 5.92. The fourth-order valence-electron chi connectivity index (χ4n) is 3.74. The zero-order valence-corrected chi connectivity index (χ0v) is 15.5. The maximum absolute atomic E-state index is 13.0. The van der Waals surface area contributed by atoms with Crippen molar-refractivity contribution in [2.45, 2.75) is 19.4 Å². The summed E-state index contributed by atoms with van der Waals surface area (Å²) in [5, 5.41) is 10.7. The number of aryl methyl sites for hydroxylation is 1. The van der Waals surface area contributed by atoms with E-state index in [-0.39, 0.29) is 18.9 Å². The number of carboxylic acids is 1. The van der Waals surface area contributed by atoms with Crippen LogP contribution in [-0.4, -0.2) is 62.5 Å². The van der Waals surface area contributed by atoms with Crippen molar-refractivity contribution in [3.05, 3.63) is 54.0 Å². The molecule has 1 aromatic carbocycles. The van der Waals surface area contributed by atoms with E-state index in [1.165, 1.54) is 4.90 Å². The predicted molar refractivity (Wildman–Crippen MR) is 104 cm³/mol. The van der Waals surface area contributed by atoms with E-state index in [4.69, 9.17) is 0 Å². The van der Waals surface area contributed by atoms with Crippen LogP contribution in [0.3, 0.4) is 0 Å². The molecule has 1 atom stereocenters. The van der Waals surface area contributed by atoms with Crippen molar-refractivity contribution < 1.29 is 14.7 Å². The Hall–Kier alpha value is -3.42. The molecule has 1 aliphatic heterocycles. The molecule has 1 amide bonds. The Bertz CT molecular complexity index is 1020. The van der Waals surface area contributed by atoms with Crippen LogP contribution in [0.5, 0.6) is 0 Å². The summed E-state index contributed by atoms with van der Waals surface area (Å²) in [5.41, 5.74) is 2.82. The number of anilines is 1. The van der Waals surface area contributed by atoms with Gasteiger partial charge in [-0.3, -0.25) is 4.79 Å². The number of carbonyl (C=O) groups excluding carboxylic acids is 1. The fraction of sp³-hybridized carbons (Fsp3) is 0.300. The maximum Gasteiger partial charge on any atom is 0.328 e. The number of aromatic nitrogens is 3. The molecule has 0 bridgehead atoms. The van der Waals surface area contributed by atoms with Crippen molar-refractivity contribution in [3.63, 3.8) is 0 Å². The van der Waals surface area contributed by atoms with E-state index in [0.717, 1.165) is 22.2 Å². The van der Waals surface area contributed by atoms with Crippen LogP contribution >= 0.6 is 0 Å². The highest BCUT2D eigenvalue weighted by Crippen LogP contribution is 2.24. The SMILES string of the molecule is Cc1[nH]c2ccccc2c1CC(=O)N1CCN(c2ncccn2)C[C@@H]1C(=O)O. The summed E-state index contributed by atoms with van der Waals surface area (Å²) in [6.45, 7) is 2.90. The minimum absolute atomic E-state index is 0.165. The first kappa shape index (κ1) is 18.0. The van der Waals surface area contributed by atoms with Crippen LogP contribution in [0, 0.1) is 6.92 Å². The molecule has 0 spiro atoms. The zero-order valence-electron chi connectivity index (χ0n) is 15.5. The Kier molecular flexibility index (Phi) is 4.68. The van der Waals surface area contributed by atoms with Crippen LogP contribution in [0.1, 0.15) is 11.3 Å². The third-order valence-electron chi connectivity index (χ3n) is 5.18. The summed E-state index contributed by atoms with van der Waals surface area (Å²) in [7, 11) is 0. The van der Waals surface area contributed by atoms with Gasteiger partial charge in [0.05, 0.1) is 13.0 Å². The lowest BCUT2D eigenvalue weighted by atomic mass is 10.1. The number of nitrogens with one attached hydrogen (secondary N) is 1. The third kappa shape index (κ3) is 3.28. The molecule has 8 heteroatoms. The summed E-state index contributed by atoms with van der Waals surface area (Å²) >= 11 is 0. The predicted octanol–water partition coefficient (Wildman–Crippen LogP) is 1.61. The lowest BCUT2D eigenvalue weighted by Crippen LogP contribution is -2.59. The van der Waals surface area contributed by atoms with Gasteiger partial charge in [0.2, 0.25) is 11.9 Å². The summed E-state index contributed by atoms with van der Waals surface area (Å²) in [6.07, 6.45) is 3.41. The number of carbonyl (C=O) groups is 2. The van der Waals surface area contributed by atoms with Crippen molar-refractivity contribution in [2.75, 3.05) is 24.5 Å². The van der Waals surface area contributed by atoms with Crippen LogP contribution < -0.4 is 4.90 Å². The Morgan fingerprint density at radius 3 is 2.68 bits per heavy atom.